The molecule has 0 aromatic heterocycles. The molecule has 126 valence electrons. The zero-order chi connectivity index (χ0) is 16.0. The van der Waals surface area contributed by atoms with Crippen LogP contribution < -0.4 is 5.73 Å². The van der Waals surface area contributed by atoms with Gasteiger partial charge in [-0.25, -0.2) is 0 Å². The van der Waals surface area contributed by atoms with Crippen LogP contribution in [-0.4, -0.2) is 39.6 Å². The molecule has 0 radical (unpaired) electrons. The molecule has 0 saturated heterocycles. The fourth-order valence-electron chi connectivity index (χ4n) is 2.16. The molecular weight excluding hydrogens is 266 g/mol. The highest BCUT2D eigenvalue weighted by Gasteiger charge is 2.32. The van der Waals surface area contributed by atoms with Gasteiger partial charge in [-0.15, -0.1) is 0 Å². The van der Waals surface area contributed by atoms with Crippen LogP contribution in [0.5, 0.6) is 0 Å². The van der Waals surface area contributed by atoms with Gasteiger partial charge < -0.3 is 19.9 Å². The number of hydrogen-bond donors (Lipinski definition) is 1. The Morgan fingerprint density at radius 2 is 1.33 bits per heavy atom. The highest BCUT2D eigenvalue weighted by Crippen LogP contribution is 2.27. The predicted molar refractivity (Wildman–Crippen MR) is 88.3 cm³/mol. The summed E-state index contributed by atoms with van der Waals surface area (Å²) in [5, 5.41) is 0. The zero-order valence-electron chi connectivity index (χ0n) is 14.3. The van der Waals surface area contributed by atoms with Gasteiger partial charge in [0.25, 0.3) is 0 Å². The second-order valence-corrected chi connectivity index (χ2v) is 5.85. The molecule has 0 fully saturated rings. The Kier molecular flexibility index (Phi) is 12.7. The molecule has 0 aliphatic heterocycles. The van der Waals surface area contributed by atoms with Gasteiger partial charge in [-0.1, -0.05) is 33.8 Å². The lowest BCUT2D eigenvalue weighted by Crippen LogP contribution is -2.39. The van der Waals surface area contributed by atoms with E-state index in [-0.39, 0.29) is 5.41 Å². The predicted octanol–water partition coefficient (Wildman–Crippen LogP) is 3.51. The summed E-state index contributed by atoms with van der Waals surface area (Å²) in [6, 6.07) is 0. The molecule has 0 atom stereocenters. The van der Waals surface area contributed by atoms with Crippen molar-refractivity contribution in [3.05, 3.63) is 12.3 Å². The molecule has 0 heterocycles. The van der Waals surface area contributed by atoms with Crippen LogP contribution >= 0.6 is 0 Å². The first-order chi connectivity index (χ1) is 10.1. The summed E-state index contributed by atoms with van der Waals surface area (Å²) in [5.74, 6) is 0. The minimum absolute atomic E-state index is 0.218. The van der Waals surface area contributed by atoms with Crippen LogP contribution in [0.15, 0.2) is 12.3 Å². The molecule has 0 spiro atoms. The van der Waals surface area contributed by atoms with Crippen LogP contribution in [0.3, 0.4) is 0 Å². The minimum atomic E-state index is -0.218. The molecule has 0 aliphatic rings. The lowest BCUT2D eigenvalue weighted by Gasteiger charge is -2.33. The van der Waals surface area contributed by atoms with Crippen molar-refractivity contribution in [2.75, 3.05) is 39.6 Å². The minimum Gasteiger partial charge on any atom is -0.402 e. The summed E-state index contributed by atoms with van der Waals surface area (Å²) in [7, 11) is 0. The topological polar surface area (TPSA) is 53.7 Å². The van der Waals surface area contributed by atoms with E-state index in [2.05, 4.69) is 27.4 Å². The van der Waals surface area contributed by atoms with E-state index < -0.39 is 0 Å². The Bertz CT molecular complexity index is 246. The molecule has 0 unspecified atom stereocenters. The van der Waals surface area contributed by atoms with Crippen LogP contribution in [0, 0.1) is 5.41 Å². The van der Waals surface area contributed by atoms with Gasteiger partial charge in [0.05, 0.1) is 19.8 Å². The maximum Gasteiger partial charge on any atom is 0.0570 e. The maximum atomic E-state index is 5.86. The summed E-state index contributed by atoms with van der Waals surface area (Å²) >= 11 is 0. The molecule has 0 bridgehead atoms. The second-order valence-electron chi connectivity index (χ2n) is 5.85. The molecule has 0 rings (SSSR count). The number of nitrogens with two attached hydrogens (primary N) is 1. The van der Waals surface area contributed by atoms with Crippen molar-refractivity contribution in [3.63, 3.8) is 0 Å². The third kappa shape index (κ3) is 10.7. The fourth-order valence-corrected chi connectivity index (χ4v) is 2.16. The van der Waals surface area contributed by atoms with Crippen molar-refractivity contribution in [1.29, 1.82) is 0 Å². The third-order valence-electron chi connectivity index (χ3n) is 3.17. The molecule has 0 aromatic carbocycles. The van der Waals surface area contributed by atoms with Crippen molar-refractivity contribution in [3.8, 4) is 0 Å². The Labute approximate surface area is 131 Å². The van der Waals surface area contributed by atoms with Crippen LogP contribution in [-0.2, 0) is 14.2 Å². The second kappa shape index (κ2) is 13.1. The molecular formula is C17H35NO3. The van der Waals surface area contributed by atoms with Gasteiger partial charge in [-0.3, -0.25) is 0 Å². The standard InChI is InChI=1S/C17H35NO3/c1-5-8-11-21-15-17(12-16(4)18,13-19-9-6-2)14-20-10-7-3/h4-15,18H2,1-3H3. The van der Waals surface area contributed by atoms with Crippen LogP contribution in [0.25, 0.3) is 0 Å². The quantitative estimate of drug-likeness (QED) is 0.470. The lowest BCUT2D eigenvalue weighted by molar-refractivity contribution is -0.0697. The van der Waals surface area contributed by atoms with Crippen LogP contribution in [0.4, 0.5) is 0 Å². The van der Waals surface area contributed by atoms with Gasteiger partial charge in [-0.2, -0.15) is 0 Å². The summed E-state index contributed by atoms with van der Waals surface area (Å²) in [5.41, 5.74) is 6.30. The SMILES string of the molecule is C=C(N)CC(COCCC)(COCCC)COCCCC. The number of rotatable bonds is 15. The summed E-state index contributed by atoms with van der Waals surface area (Å²) in [6.07, 6.45) is 4.89. The molecule has 0 amide bonds. The molecule has 21 heavy (non-hydrogen) atoms. The Morgan fingerprint density at radius 3 is 1.71 bits per heavy atom. The third-order valence-corrected chi connectivity index (χ3v) is 3.17. The van der Waals surface area contributed by atoms with Gasteiger partial charge in [0.1, 0.15) is 0 Å². The zero-order valence-corrected chi connectivity index (χ0v) is 14.3. The summed E-state index contributed by atoms with van der Waals surface area (Å²) in [6.45, 7) is 14.3. The first-order valence-corrected chi connectivity index (χ1v) is 8.26. The van der Waals surface area contributed by atoms with E-state index in [4.69, 9.17) is 19.9 Å². The highest BCUT2D eigenvalue weighted by molar-refractivity contribution is 4.96. The molecule has 2 N–H and O–H groups in total. The Balaban J connectivity index is 4.60. The molecule has 4 nitrogen and oxygen atoms in total. The van der Waals surface area contributed by atoms with Gasteiger partial charge in [0.2, 0.25) is 0 Å². The molecule has 0 aliphatic carbocycles. The number of ether oxygens (including phenoxy) is 3. The van der Waals surface area contributed by atoms with Gasteiger partial charge in [0, 0.05) is 30.9 Å². The monoisotopic (exact) mass is 301 g/mol. The van der Waals surface area contributed by atoms with Crippen molar-refractivity contribution < 1.29 is 14.2 Å². The summed E-state index contributed by atoms with van der Waals surface area (Å²) in [4.78, 5) is 0. The van der Waals surface area contributed by atoms with E-state index in [0.29, 0.717) is 31.9 Å². The van der Waals surface area contributed by atoms with Crippen molar-refractivity contribution in [2.24, 2.45) is 11.1 Å². The Hall–Kier alpha value is -0.580. The van der Waals surface area contributed by atoms with Crippen molar-refractivity contribution in [2.45, 2.75) is 52.9 Å². The van der Waals surface area contributed by atoms with E-state index in [1.54, 1.807) is 0 Å². The maximum absolute atomic E-state index is 5.86. The number of unbranched alkanes of at least 4 members (excludes halogenated alkanes) is 1. The van der Waals surface area contributed by atoms with Gasteiger partial charge in [0.15, 0.2) is 0 Å². The lowest BCUT2D eigenvalue weighted by atomic mass is 9.85. The van der Waals surface area contributed by atoms with Gasteiger partial charge >= 0.3 is 0 Å². The van der Waals surface area contributed by atoms with Crippen LogP contribution in [0.2, 0.25) is 0 Å². The number of hydrogen-bond acceptors (Lipinski definition) is 4. The highest BCUT2D eigenvalue weighted by atomic mass is 16.5. The Morgan fingerprint density at radius 1 is 0.857 bits per heavy atom. The van der Waals surface area contributed by atoms with Crippen molar-refractivity contribution in [1.82, 2.24) is 0 Å². The fraction of sp³-hybridized carbons (Fsp3) is 0.882. The van der Waals surface area contributed by atoms with E-state index in [0.717, 1.165) is 45.5 Å². The average molecular weight is 301 g/mol. The van der Waals surface area contributed by atoms with E-state index in [1.807, 2.05) is 0 Å². The number of allylic oxidation sites excluding steroid dienone is 1. The normalized spacial score (nSPS) is 11.8. The van der Waals surface area contributed by atoms with E-state index >= 15 is 0 Å². The molecule has 4 heteroatoms. The van der Waals surface area contributed by atoms with E-state index in [1.165, 1.54) is 0 Å². The molecule has 0 aromatic rings. The first kappa shape index (κ1) is 20.4. The first-order valence-electron chi connectivity index (χ1n) is 8.26. The largest absolute Gasteiger partial charge is 0.402 e. The van der Waals surface area contributed by atoms with Crippen LogP contribution in [0.1, 0.15) is 52.9 Å². The van der Waals surface area contributed by atoms with Gasteiger partial charge in [-0.05, 0) is 25.7 Å². The smallest absolute Gasteiger partial charge is 0.0570 e. The van der Waals surface area contributed by atoms with E-state index in [9.17, 15) is 0 Å². The van der Waals surface area contributed by atoms with Crippen molar-refractivity contribution >= 4 is 0 Å². The summed E-state index contributed by atoms with van der Waals surface area (Å²) < 4.78 is 17.4. The average Bonchev–Trinajstić information content (AvgIpc) is 2.43. The molecule has 0 saturated carbocycles.